The molecule has 1 unspecified atom stereocenters. The molecular formula is C16H22ClNO3. The molecule has 116 valence electrons. The molecule has 2 rings (SSSR count). The number of carbonyl (C=O) groups is 1. The van der Waals surface area contributed by atoms with E-state index in [-0.39, 0.29) is 18.6 Å². The van der Waals surface area contributed by atoms with Crippen LogP contribution in [0.4, 0.5) is 0 Å². The summed E-state index contributed by atoms with van der Waals surface area (Å²) in [5.74, 6) is 0.853. The van der Waals surface area contributed by atoms with Gasteiger partial charge in [0.15, 0.2) is 0 Å². The molecule has 21 heavy (non-hydrogen) atoms. The van der Waals surface area contributed by atoms with Crippen LogP contribution in [0.2, 0.25) is 5.02 Å². The van der Waals surface area contributed by atoms with E-state index in [0.29, 0.717) is 35.3 Å². The number of rotatable bonds is 8. The Morgan fingerprint density at radius 3 is 2.90 bits per heavy atom. The van der Waals surface area contributed by atoms with Crippen molar-refractivity contribution in [3.05, 3.63) is 28.8 Å². The topological polar surface area (TPSA) is 58.6 Å². The van der Waals surface area contributed by atoms with Crippen LogP contribution < -0.4 is 10.1 Å². The molecule has 5 heteroatoms. The van der Waals surface area contributed by atoms with Crippen molar-refractivity contribution >= 4 is 17.5 Å². The van der Waals surface area contributed by atoms with Crippen LogP contribution in [0.3, 0.4) is 0 Å². The predicted molar refractivity (Wildman–Crippen MR) is 82.9 cm³/mol. The first-order valence-electron chi connectivity index (χ1n) is 7.49. The Kier molecular flexibility index (Phi) is 5.88. The third kappa shape index (κ3) is 4.61. The van der Waals surface area contributed by atoms with E-state index in [2.05, 4.69) is 5.32 Å². The van der Waals surface area contributed by atoms with Crippen molar-refractivity contribution in [2.24, 2.45) is 5.92 Å². The average Bonchev–Trinajstić information content (AvgIpc) is 3.30. The number of ether oxygens (including phenoxy) is 1. The fourth-order valence-corrected chi connectivity index (χ4v) is 2.50. The van der Waals surface area contributed by atoms with E-state index >= 15 is 0 Å². The van der Waals surface area contributed by atoms with E-state index < -0.39 is 0 Å². The minimum Gasteiger partial charge on any atom is -0.493 e. The van der Waals surface area contributed by atoms with Gasteiger partial charge >= 0.3 is 0 Å². The highest BCUT2D eigenvalue weighted by Gasteiger charge is 2.32. The van der Waals surface area contributed by atoms with Gasteiger partial charge in [-0.3, -0.25) is 4.79 Å². The summed E-state index contributed by atoms with van der Waals surface area (Å²) in [7, 11) is 0. The molecule has 0 saturated heterocycles. The number of carbonyl (C=O) groups excluding carboxylic acids is 1. The summed E-state index contributed by atoms with van der Waals surface area (Å²) in [6, 6.07) is 5.10. The van der Waals surface area contributed by atoms with Gasteiger partial charge in [-0.1, -0.05) is 18.5 Å². The molecule has 0 aromatic heterocycles. The van der Waals surface area contributed by atoms with Crippen molar-refractivity contribution < 1.29 is 14.6 Å². The van der Waals surface area contributed by atoms with Crippen molar-refractivity contribution in [1.29, 1.82) is 0 Å². The summed E-state index contributed by atoms with van der Waals surface area (Å²) in [6.07, 6.45) is 3.68. The molecule has 0 radical (unpaired) electrons. The largest absolute Gasteiger partial charge is 0.493 e. The fourth-order valence-electron chi connectivity index (χ4n) is 2.33. The molecular weight excluding hydrogens is 290 g/mol. The number of aliphatic hydroxyl groups excluding tert-OH is 1. The maximum Gasteiger partial charge on any atom is 0.255 e. The van der Waals surface area contributed by atoms with Gasteiger partial charge in [0.1, 0.15) is 5.75 Å². The highest BCUT2D eigenvalue weighted by molar-refractivity contribution is 6.31. The van der Waals surface area contributed by atoms with E-state index in [1.807, 2.05) is 6.92 Å². The molecule has 1 aliphatic rings. The van der Waals surface area contributed by atoms with Gasteiger partial charge < -0.3 is 15.2 Å². The lowest BCUT2D eigenvalue weighted by Crippen LogP contribution is -2.37. The molecule has 1 aliphatic carbocycles. The Balaban J connectivity index is 2.10. The number of amides is 1. The smallest absolute Gasteiger partial charge is 0.255 e. The van der Waals surface area contributed by atoms with Gasteiger partial charge in [-0.2, -0.15) is 0 Å². The van der Waals surface area contributed by atoms with E-state index in [0.717, 1.165) is 19.3 Å². The maximum absolute atomic E-state index is 12.5. The van der Waals surface area contributed by atoms with Crippen molar-refractivity contribution in [1.82, 2.24) is 5.32 Å². The van der Waals surface area contributed by atoms with Crippen LogP contribution in [0, 0.1) is 5.92 Å². The lowest BCUT2D eigenvalue weighted by Gasteiger charge is -2.18. The summed E-state index contributed by atoms with van der Waals surface area (Å²) in [5, 5.41) is 12.6. The van der Waals surface area contributed by atoms with Crippen molar-refractivity contribution in [2.45, 2.75) is 38.6 Å². The Morgan fingerprint density at radius 2 is 2.29 bits per heavy atom. The third-order valence-electron chi connectivity index (χ3n) is 3.60. The molecule has 2 N–H and O–H groups in total. The first kappa shape index (κ1) is 16.1. The quantitative estimate of drug-likeness (QED) is 0.776. The average molecular weight is 312 g/mol. The van der Waals surface area contributed by atoms with Crippen LogP contribution in [0.15, 0.2) is 18.2 Å². The standard InChI is InChI=1S/C16H22ClNO3/c1-2-9-21-15-6-5-12(17)10-13(15)16(20)18-14(7-8-19)11-3-4-11/h5-6,10-11,14,19H,2-4,7-9H2,1H3,(H,18,20). The van der Waals surface area contributed by atoms with E-state index in [4.69, 9.17) is 21.4 Å². The molecule has 0 spiro atoms. The normalized spacial score (nSPS) is 15.6. The number of hydrogen-bond donors (Lipinski definition) is 2. The van der Waals surface area contributed by atoms with Crippen LogP contribution in [0.25, 0.3) is 0 Å². The van der Waals surface area contributed by atoms with Crippen LogP contribution in [0.5, 0.6) is 5.75 Å². The third-order valence-corrected chi connectivity index (χ3v) is 3.83. The van der Waals surface area contributed by atoms with E-state index in [9.17, 15) is 4.79 Å². The van der Waals surface area contributed by atoms with Gasteiger partial charge in [0.2, 0.25) is 0 Å². The van der Waals surface area contributed by atoms with E-state index in [1.54, 1.807) is 18.2 Å². The lowest BCUT2D eigenvalue weighted by molar-refractivity contribution is 0.0920. The Labute approximate surface area is 130 Å². The number of nitrogens with one attached hydrogen (secondary N) is 1. The zero-order valence-corrected chi connectivity index (χ0v) is 13.0. The van der Waals surface area contributed by atoms with Gasteiger partial charge in [0.05, 0.1) is 12.2 Å². The molecule has 1 aromatic carbocycles. The van der Waals surface area contributed by atoms with E-state index in [1.165, 1.54) is 0 Å². The summed E-state index contributed by atoms with van der Waals surface area (Å²) >= 11 is 5.99. The first-order chi connectivity index (χ1) is 10.2. The second kappa shape index (κ2) is 7.66. The number of aliphatic hydroxyl groups is 1. The number of benzene rings is 1. The van der Waals surface area contributed by atoms with Crippen LogP contribution >= 0.6 is 11.6 Å². The Morgan fingerprint density at radius 1 is 1.52 bits per heavy atom. The second-order valence-electron chi connectivity index (χ2n) is 5.42. The lowest BCUT2D eigenvalue weighted by atomic mass is 10.1. The summed E-state index contributed by atoms with van der Waals surface area (Å²) in [4.78, 5) is 12.5. The zero-order valence-electron chi connectivity index (χ0n) is 12.3. The van der Waals surface area contributed by atoms with Crippen molar-refractivity contribution in [2.75, 3.05) is 13.2 Å². The SMILES string of the molecule is CCCOc1ccc(Cl)cc1C(=O)NC(CCO)C1CC1. The Bertz CT molecular complexity index is 488. The molecule has 1 amide bonds. The Hall–Kier alpha value is -1.26. The number of hydrogen-bond acceptors (Lipinski definition) is 3. The van der Waals surface area contributed by atoms with Gasteiger partial charge in [-0.05, 0) is 49.8 Å². The van der Waals surface area contributed by atoms with Crippen molar-refractivity contribution in [3.63, 3.8) is 0 Å². The molecule has 1 fully saturated rings. The molecule has 0 heterocycles. The molecule has 1 aromatic rings. The van der Waals surface area contributed by atoms with Gasteiger partial charge in [0.25, 0.3) is 5.91 Å². The zero-order chi connectivity index (χ0) is 15.2. The van der Waals surface area contributed by atoms with Gasteiger partial charge in [-0.25, -0.2) is 0 Å². The molecule has 0 bridgehead atoms. The highest BCUT2D eigenvalue weighted by Crippen LogP contribution is 2.34. The molecule has 4 nitrogen and oxygen atoms in total. The fraction of sp³-hybridized carbons (Fsp3) is 0.562. The first-order valence-corrected chi connectivity index (χ1v) is 7.87. The maximum atomic E-state index is 12.5. The molecule has 0 aliphatic heterocycles. The van der Waals surface area contributed by atoms with Crippen LogP contribution in [-0.4, -0.2) is 30.3 Å². The van der Waals surface area contributed by atoms with Crippen LogP contribution in [-0.2, 0) is 0 Å². The van der Waals surface area contributed by atoms with Crippen LogP contribution in [0.1, 0.15) is 43.0 Å². The monoisotopic (exact) mass is 311 g/mol. The summed E-state index contributed by atoms with van der Waals surface area (Å²) in [6.45, 7) is 2.65. The number of halogens is 1. The van der Waals surface area contributed by atoms with Crippen molar-refractivity contribution in [3.8, 4) is 5.75 Å². The van der Waals surface area contributed by atoms with Gasteiger partial charge in [0, 0.05) is 17.7 Å². The molecule has 1 saturated carbocycles. The highest BCUT2D eigenvalue weighted by atomic mass is 35.5. The summed E-state index contributed by atoms with van der Waals surface area (Å²) in [5.41, 5.74) is 0.458. The van der Waals surface area contributed by atoms with Gasteiger partial charge in [-0.15, -0.1) is 0 Å². The molecule has 1 atom stereocenters. The predicted octanol–water partition coefficient (Wildman–Crippen LogP) is 3.02. The second-order valence-corrected chi connectivity index (χ2v) is 5.86. The minimum absolute atomic E-state index is 0.0282. The summed E-state index contributed by atoms with van der Waals surface area (Å²) < 4.78 is 5.61. The minimum atomic E-state index is -0.186.